The first-order valence-electron chi connectivity index (χ1n) is 7.71. The lowest BCUT2D eigenvalue weighted by atomic mass is 10.2. The van der Waals surface area contributed by atoms with Crippen LogP contribution in [0.4, 0.5) is 0 Å². The molecule has 0 bridgehead atoms. The van der Waals surface area contributed by atoms with Gasteiger partial charge in [0.2, 0.25) is 18.4 Å². The maximum atomic E-state index is 5.70. The van der Waals surface area contributed by atoms with Gasteiger partial charge in [-0.3, -0.25) is 0 Å². The van der Waals surface area contributed by atoms with Crippen molar-refractivity contribution in [3.63, 3.8) is 0 Å². The first-order valence-corrected chi connectivity index (χ1v) is 8.69. The Morgan fingerprint density at radius 1 is 1.00 bits per heavy atom. The van der Waals surface area contributed by atoms with E-state index in [1.165, 1.54) is 11.8 Å². The third-order valence-electron chi connectivity index (χ3n) is 3.69. The summed E-state index contributed by atoms with van der Waals surface area (Å²) in [5.74, 6) is 3.55. The lowest BCUT2D eigenvalue weighted by Crippen LogP contribution is -1.92. The highest BCUT2D eigenvalue weighted by Gasteiger charge is 2.17. The van der Waals surface area contributed by atoms with Crippen LogP contribution in [0.2, 0.25) is 0 Å². The van der Waals surface area contributed by atoms with Crippen molar-refractivity contribution in [2.75, 3.05) is 6.79 Å². The number of thioether (sulfide) groups is 1. The van der Waals surface area contributed by atoms with Crippen LogP contribution in [-0.4, -0.2) is 22.1 Å². The fraction of sp³-hybridized carbons (Fsp3) is 0.118. The number of aromatic nitrogens is 3. The van der Waals surface area contributed by atoms with Crippen LogP contribution in [0.3, 0.4) is 0 Å². The average Bonchev–Trinajstić information content (AvgIpc) is 3.47. The van der Waals surface area contributed by atoms with E-state index in [1.807, 2.05) is 30.3 Å². The molecule has 26 heavy (non-hydrogen) atoms. The summed E-state index contributed by atoms with van der Waals surface area (Å²) in [6.45, 7) is 0.224. The van der Waals surface area contributed by atoms with Gasteiger partial charge in [0.05, 0.1) is 12.0 Å². The maximum Gasteiger partial charge on any atom is 0.277 e. The molecular weight excluding hydrogens is 358 g/mol. The van der Waals surface area contributed by atoms with Crippen LogP contribution in [0.5, 0.6) is 11.5 Å². The Morgan fingerprint density at radius 2 is 1.96 bits per heavy atom. The highest BCUT2D eigenvalue weighted by molar-refractivity contribution is 7.98. The molecule has 0 N–H and O–H groups in total. The predicted octanol–water partition coefficient (Wildman–Crippen LogP) is 4.01. The second kappa shape index (κ2) is 6.26. The van der Waals surface area contributed by atoms with E-state index in [1.54, 1.807) is 12.3 Å². The molecule has 0 fully saturated rings. The molecule has 130 valence electrons. The van der Waals surface area contributed by atoms with Crippen LogP contribution in [0.1, 0.15) is 5.69 Å². The van der Waals surface area contributed by atoms with Crippen molar-refractivity contribution in [3.05, 3.63) is 48.4 Å². The molecule has 4 heterocycles. The first kappa shape index (κ1) is 15.1. The fourth-order valence-electron chi connectivity index (χ4n) is 2.46. The Morgan fingerprint density at radius 3 is 2.88 bits per heavy atom. The number of furan rings is 1. The molecule has 0 amide bonds. The van der Waals surface area contributed by atoms with Gasteiger partial charge in [0.25, 0.3) is 5.22 Å². The topological polar surface area (TPSA) is 96.6 Å². The minimum Gasteiger partial charge on any atom is -0.461 e. The van der Waals surface area contributed by atoms with Crippen LogP contribution in [0.15, 0.2) is 61.2 Å². The van der Waals surface area contributed by atoms with Crippen molar-refractivity contribution in [2.45, 2.75) is 11.0 Å². The minimum atomic E-state index is 0.224. The van der Waals surface area contributed by atoms with Crippen LogP contribution in [0.25, 0.3) is 23.0 Å². The van der Waals surface area contributed by atoms with Crippen molar-refractivity contribution >= 4 is 11.8 Å². The third-order valence-corrected chi connectivity index (χ3v) is 4.54. The molecule has 0 spiro atoms. The van der Waals surface area contributed by atoms with Crippen LogP contribution < -0.4 is 9.47 Å². The molecule has 8 nitrogen and oxygen atoms in total. The number of fused-ring (bicyclic) bond motifs is 1. The molecule has 4 aromatic rings. The Kier molecular flexibility index (Phi) is 3.64. The largest absolute Gasteiger partial charge is 0.461 e. The number of hydrogen-bond acceptors (Lipinski definition) is 9. The lowest BCUT2D eigenvalue weighted by Gasteiger charge is -1.97. The summed E-state index contributed by atoms with van der Waals surface area (Å²) in [6.07, 6.45) is 1.59. The van der Waals surface area contributed by atoms with Gasteiger partial charge in [0, 0.05) is 17.4 Å². The smallest absolute Gasteiger partial charge is 0.277 e. The van der Waals surface area contributed by atoms with Crippen molar-refractivity contribution in [2.24, 2.45) is 0 Å². The van der Waals surface area contributed by atoms with Gasteiger partial charge in [-0.15, -0.1) is 10.2 Å². The molecule has 0 atom stereocenters. The van der Waals surface area contributed by atoms with Crippen LogP contribution >= 0.6 is 11.8 Å². The lowest BCUT2D eigenvalue weighted by molar-refractivity contribution is 0.174. The van der Waals surface area contributed by atoms with E-state index >= 15 is 0 Å². The standard InChI is InChI=1S/C17H11N3O5S/c1-2-12(21-5-1)15-7-11(20-25-15)8-26-17-19-18-16(24-17)10-3-4-13-14(6-10)23-9-22-13/h1-7H,8-9H2. The van der Waals surface area contributed by atoms with E-state index in [2.05, 4.69) is 15.4 Å². The zero-order chi connectivity index (χ0) is 17.3. The Bertz CT molecular complexity index is 1040. The van der Waals surface area contributed by atoms with Gasteiger partial charge in [0.15, 0.2) is 17.3 Å². The summed E-state index contributed by atoms with van der Waals surface area (Å²) in [4.78, 5) is 0. The molecule has 0 radical (unpaired) electrons. The van der Waals surface area contributed by atoms with Crippen molar-refractivity contribution < 1.29 is 22.8 Å². The molecule has 0 aliphatic carbocycles. The summed E-state index contributed by atoms with van der Waals surface area (Å²) >= 11 is 1.38. The quantitative estimate of drug-likeness (QED) is 0.483. The van der Waals surface area contributed by atoms with E-state index in [-0.39, 0.29) is 6.79 Å². The Labute approximate surface area is 151 Å². The van der Waals surface area contributed by atoms with Gasteiger partial charge >= 0.3 is 0 Å². The molecule has 3 aromatic heterocycles. The molecule has 1 aromatic carbocycles. The molecule has 0 saturated heterocycles. The van der Waals surface area contributed by atoms with E-state index in [0.29, 0.717) is 39.9 Å². The average molecular weight is 369 g/mol. The second-order valence-electron chi connectivity index (χ2n) is 5.39. The molecule has 0 unspecified atom stereocenters. The molecule has 0 saturated carbocycles. The Balaban J connectivity index is 1.27. The highest BCUT2D eigenvalue weighted by atomic mass is 32.2. The number of benzene rings is 1. The fourth-order valence-corrected chi connectivity index (χ4v) is 3.11. The summed E-state index contributed by atoms with van der Waals surface area (Å²) in [5, 5.41) is 12.6. The maximum absolute atomic E-state index is 5.70. The van der Waals surface area contributed by atoms with Crippen molar-refractivity contribution in [1.82, 2.24) is 15.4 Å². The molecule has 5 rings (SSSR count). The molecule has 9 heteroatoms. The van der Waals surface area contributed by atoms with Gasteiger partial charge in [0.1, 0.15) is 0 Å². The minimum absolute atomic E-state index is 0.224. The first-order chi connectivity index (χ1) is 12.8. The van der Waals surface area contributed by atoms with Gasteiger partial charge < -0.3 is 22.8 Å². The number of nitrogens with zero attached hydrogens (tertiary/aromatic N) is 3. The molecule has 1 aliphatic rings. The predicted molar refractivity (Wildman–Crippen MR) is 89.6 cm³/mol. The SMILES string of the molecule is c1coc(-c2cc(CSc3nnc(-c4ccc5c(c4)OCO5)o3)no2)c1. The van der Waals surface area contributed by atoms with E-state index in [9.17, 15) is 0 Å². The zero-order valence-electron chi connectivity index (χ0n) is 13.2. The second-order valence-corrected chi connectivity index (χ2v) is 6.32. The summed E-state index contributed by atoms with van der Waals surface area (Å²) < 4.78 is 26.9. The monoisotopic (exact) mass is 369 g/mol. The van der Waals surface area contributed by atoms with E-state index in [4.69, 9.17) is 22.8 Å². The van der Waals surface area contributed by atoms with Crippen LogP contribution in [-0.2, 0) is 5.75 Å². The van der Waals surface area contributed by atoms with Crippen molar-refractivity contribution in [3.8, 4) is 34.5 Å². The number of rotatable bonds is 5. The van der Waals surface area contributed by atoms with Gasteiger partial charge in [-0.1, -0.05) is 16.9 Å². The summed E-state index contributed by atoms with van der Waals surface area (Å²) in [7, 11) is 0. The Hall–Kier alpha value is -3.20. The van der Waals surface area contributed by atoms with E-state index in [0.717, 1.165) is 11.3 Å². The number of ether oxygens (including phenoxy) is 2. The van der Waals surface area contributed by atoms with Gasteiger partial charge in [-0.2, -0.15) is 0 Å². The molecular formula is C17H11N3O5S. The molecule has 1 aliphatic heterocycles. The van der Waals surface area contributed by atoms with Crippen molar-refractivity contribution in [1.29, 1.82) is 0 Å². The third kappa shape index (κ3) is 2.82. The number of hydrogen-bond donors (Lipinski definition) is 0. The van der Waals surface area contributed by atoms with E-state index < -0.39 is 0 Å². The summed E-state index contributed by atoms with van der Waals surface area (Å²) in [6, 6.07) is 10.9. The highest BCUT2D eigenvalue weighted by Crippen LogP contribution is 2.36. The van der Waals surface area contributed by atoms with Gasteiger partial charge in [-0.25, -0.2) is 0 Å². The zero-order valence-corrected chi connectivity index (χ0v) is 14.1. The summed E-state index contributed by atoms with van der Waals surface area (Å²) in [5.41, 5.74) is 1.53. The van der Waals surface area contributed by atoms with Crippen LogP contribution in [0, 0.1) is 0 Å². The van der Waals surface area contributed by atoms with Gasteiger partial charge in [-0.05, 0) is 30.3 Å². The normalized spacial score (nSPS) is 12.6.